The molecule has 2 aromatic carbocycles. The first kappa shape index (κ1) is 73.4. The van der Waals surface area contributed by atoms with E-state index in [-0.39, 0.29) is 98.6 Å². The molecule has 22 atom stereocenters. The molecule has 0 aliphatic heterocycles. The molecule has 0 heterocycles. The number of nitrogens with two attached hydrogens (primary N) is 1. The van der Waals surface area contributed by atoms with E-state index < -0.39 is 26.1 Å². The second-order valence-electron chi connectivity index (χ2n) is 32.5. The van der Waals surface area contributed by atoms with Gasteiger partial charge in [-0.2, -0.15) is 0 Å². The van der Waals surface area contributed by atoms with Crippen LogP contribution >= 0.6 is 0 Å². The van der Waals surface area contributed by atoms with Gasteiger partial charge < -0.3 is 20.6 Å². The maximum Gasteiger partial charge on any atom is 0.328 e. The first-order valence-corrected chi connectivity index (χ1v) is 36.7. The summed E-state index contributed by atoms with van der Waals surface area (Å²) in [5, 5.41) is 42.1. The second-order valence-corrected chi connectivity index (χ2v) is 35.7. The summed E-state index contributed by atoms with van der Waals surface area (Å²) in [4.78, 5) is 27.7. The normalized spacial score (nSPS) is 39.1. The Balaban J connectivity index is 0.000000235. The summed E-state index contributed by atoms with van der Waals surface area (Å²) < 4.78 is 55.7. The Morgan fingerprint density at radius 3 is 1.57 bits per heavy atom. The Morgan fingerprint density at radius 1 is 0.670 bits per heavy atom. The van der Waals surface area contributed by atoms with Gasteiger partial charge in [0.2, 0.25) is 16.1 Å². The van der Waals surface area contributed by atoms with Gasteiger partial charge in [-0.1, -0.05) is 147 Å². The molecule has 8 saturated carbocycles. The maximum atomic E-state index is 13.0. The van der Waals surface area contributed by atoms with E-state index in [1.54, 1.807) is 30.3 Å². The number of urea groups is 1. The molecule has 0 aromatic heterocycles. The van der Waals surface area contributed by atoms with Gasteiger partial charge in [-0.05, 0) is 241 Å². The zero-order valence-corrected chi connectivity index (χ0v) is 62.2. The van der Waals surface area contributed by atoms with Crippen LogP contribution in [0, 0.1) is 142 Å². The second kappa shape index (κ2) is 28.5. The summed E-state index contributed by atoms with van der Waals surface area (Å²) in [5.41, 5.74) is 2.54. The number of rotatable bonds is 11. The van der Waals surface area contributed by atoms with Gasteiger partial charge in [0.15, 0.2) is 0 Å². The summed E-state index contributed by atoms with van der Waals surface area (Å²) in [6, 6.07) is 12.8. The van der Waals surface area contributed by atoms with Crippen LogP contribution in [-0.4, -0.2) is 85.4 Å². The fourth-order valence-electron chi connectivity index (χ4n) is 21.3. The molecule has 8 fully saturated rings. The van der Waals surface area contributed by atoms with E-state index in [0.717, 1.165) is 74.8 Å². The van der Waals surface area contributed by atoms with Crippen molar-refractivity contribution < 1.29 is 72.9 Å². The molecule has 0 bridgehead atoms. The summed E-state index contributed by atoms with van der Waals surface area (Å²) in [6.45, 7) is 34.5. The summed E-state index contributed by atoms with van der Waals surface area (Å²) in [7, 11) is -3.83. The minimum absolute atomic E-state index is 0. The van der Waals surface area contributed by atoms with Crippen molar-refractivity contribution in [2.45, 2.75) is 246 Å². The summed E-state index contributed by atoms with van der Waals surface area (Å²) in [6.07, 6.45) is 19.4. The molecule has 2 radical (unpaired) electrons. The van der Waals surface area contributed by atoms with Gasteiger partial charge in [0.1, 0.15) is 0 Å². The van der Waals surface area contributed by atoms with E-state index in [9.17, 15) is 41.7 Å². The summed E-state index contributed by atoms with van der Waals surface area (Å²) in [5.74, 6) is 7.24. The van der Waals surface area contributed by atoms with E-state index in [1.807, 2.05) is 53.7 Å². The zero-order valence-electron chi connectivity index (χ0n) is 57.4. The standard InChI is InChI=1S/C35H56N2O5S.C26H43NO2.C10H15NO2S.BH.U/c1-8-25-29-19-23(38)14-16-35(29,7)28-15-17-34(6)26(12-13-27(34)30(28)31(25)39)21(2)20-36-32(40)37-43(41,42)24-11-9-10-22(18-24)33(3,4)5;1-6-18-22-13-16(2)9-11-26(22,5)21-10-12-25(4)19(17(3)14-27-15-28)7-8-20(25)23(21)24(18)29;1-10(2,3)8-5-4-6-9(7-8)14(11,12)13;;/h9-11,18,21,23,25-31,38-39H,8,12-17,19-20H2,1-7H3,(H2,36,37,40);16-24,29H,6-14H2,1-5H3;4-7H,1-3H3,(H2,11,12,13);1H;/t21-,23-,25-,26-,27+,28+,29+,30+,31-,34-,35-;16-,17-,18-,19-,20+,21+,22+,23+,24-,25-,26-;;;/m11.../s1/i;;;1D;. The predicted octanol–water partition coefficient (Wildman–Crippen LogP) is 13.1. The number of amides is 2. The van der Waals surface area contributed by atoms with Crippen LogP contribution in [0.1, 0.15) is 218 Å². The van der Waals surface area contributed by atoms with E-state index in [1.165, 1.54) is 57.1 Å². The third-order valence-corrected chi connectivity index (χ3v) is 28.1. The van der Waals surface area contributed by atoms with Crippen LogP contribution < -0.4 is 15.2 Å². The number of hydrogen-bond donors (Lipinski definition) is 6. The molecule has 2 aromatic rings. The topological polar surface area (TPSA) is 226 Å². The number of hydrogen-bond acceptors (Lipinski definition) is 10. The third-order valence-electron chi connectivity index (χ3n) is 25.9. The average Bonchev–Trinajstić information content (AvgIpc) is 1.72. The Bertz CT molecular complexity index is 3000. The van der Waals surface area contributed by atoms with Crippen molar-refractivity contribution in [1.29, 1.82) is 1.34 Å². The molecular formula is C71H115BN4O9S2U. The quantitative estimate of drug-likeness (QED) is 0.0714. The fourth-order valence-corrected chi connectivity index (χ4v) is 22.8. The first-order valence-electron chi connectivity index (χ1n) is 34.2. The van der Waals surface area contributed by atoms with Crippen molar-refractivity contribution in [2.75, 3.05) is 13.1 Å². The SMILES string of the molecule is CC(C)(C)c1cccc(S(N)(=O)=O)c1.CC[C@H]1[C@@H](O)[C@@H]2[C@H](CC[C@]3(C)[C@@H]([C@H](C)CN=C=O)CC[C@@H]23)[C@@]2(C)CC[C@@H](C)C[C@@H]12.CC[C@H]1[C@@H](O)[C@@H]2[C@H](CC[C@]3(C)[C@@H]([C@H](C)CNC(=O)NS(=O)(=O)c4cccc(C(C)(C)C)c4)CC[C@@H]23)[C@@]2(C)CC[C@@H](O)C[C@@H]12.[2H][B].[U]. The number of fused-ring (bicyclic) bond motifs is 10. The Kier molecular flexibility index (Phi) is 23.8. The minimum atomic E-state index is -3.99. The largest absolute Gasteiger partial charge is 0.393 e. The number of carbonyl (C=O) groups excluding carboxylic acids is 2. The number of primary sulfonamides is 1. The number of aliphatic hydroxyl groups is 3. The van der Waals surface area contributed by atoms with Crippen LogP contribution in [0.25, 0.3) is 0 Å². The molecule has 13 nitrogen and oxygen atoms in total. The number of isocyanates is 1. The maximum absolute atomic E-state index is 13.0. The molecular weight excluding hydrogens is 1370 g/mol. The van der Waals surface area contributed by atoms with Crippen LogP contribution in [-0.2, 0) is 35.7 Å². The van der Waals surface area contributed by atoms with Crippen molar-refractivity contribution in [2.24, 2.45) is 121 Å². The van der Waals surface area contributed by atoms with Gasteiger partial charge in [0, 0.05) is 46.0 Å². The van der Waals surface area contributed by atoms with Crippen molar-refractivity contribution in [1.82, 2.24) is 10.0 Å². The number of aliphatic imine (C=N–C) groups is 1. The smallest absolute Gasteiger partial charge is 0.328 e. The average molecular weight is 1480 g/mol. The van der Waals surface area contributed by atoms with E-state index >= 15 is 0 Å². The number of benzene rings is 2. The van der Waals surface area contributed by atoms with E-state index in [0.29, 0.717) is 89.0 Å². The van der Waals surface area contributed by atoms with Gasteiger partial charge in [0.05, 0.1) is 34.6 Å². The van der Waals surface area contributed by atoms with Crippen molar-refractivity contribution in [3.8, 4) is 0 Å². The molecule has 0 unspecified atom stereocenters. The van der Waals surface area contributed by atoms with Gasteiger partial charge >= 0.3 is 6.03 Å². The number of aliphatic hydroxyl groups excluding tert-OH is 3. The first-order chi connectivity index (χ1) is 41.0. The Labute approximate surface area is 559 Å². The molecule has 88 heavy (non-hydrogen) atoms. The summed E-state index contributed by atoms with van der Waals surface area (Å²) >= 11 is 0. The van der Waals surface area contributed by atoms with E-state index in [2.05, 4.69) is 85.7 Å². The molecule has 492 valence electrons. The molecule has 0 spiro atoms. The third kappa shape index (κ3) is 14.7. The molecule has 8 aliphatic carbocycles. The molecule has 8 aliphatic rings. The minimum Gasteiger partial charge on any atom is -0.393 e. The van der Waals surface area contributed by atoms with Crippen LogP contribution in [0.5, 0.6) is 0 Å². The number of nitrogens with zero attached hydrogens (tertiary/aromatic N) is 1. The van der Waals surface area contributed by atoms with Gasteiger partial charge in [-0.3, -0.25) is 0 Å². The van der Waals surface area contributed by atoms with Crippen LogP contribution in [0.3, 0.4) is 0 Å². The monoisotopic (exact) mass is 1480 g/mol. The molecule has 2 amide bonds. The molecule has 10 rings (SSSR count). The number of carbonyl (C=O) groups is 1. The van der Waals surface area contributed by atoms with Crippen molar-refractivity contribution >= 4 is 40.5 Å². The predicted molar refractivity (Wildman–Crippen MR) is 351 cm³/mol. The molecule has 17 heteroatoms. The molecule has 0 saturated heterocycles. The zero-order chi connectivity index (χ0) is 65.5. The number of sulfonamides is 2. The van der Waals surface area contributed by atoms with Gasteiger partial charge in [0.25, 0.3) is 10.0 Å². The number of nitrogens with one attached hydrogen (secondary N) is 2. The Hall–Kier alpha value is -2.05. The van der Waals surface area contributed by atoms with Gasteiger partial charge in [-0.25, -0.2) is 41.3 Å². The Morgan fingerprint density at radius 2 is 1.10 bits per heavy atom. The van der Waals surface area contributed by atoms with Crippen LogP contribution in [0.4, 0.5) is 4.79 Å². The van der Waals surface area contributed by atoms with Crippen LogP contribution in [0.15, 0.2) is 63.3 Å². The van der Waals surface area contributed by atoms with Gasteiger partial charge in [-0.15, -0.1) is 0 Å². The van der Waals surface area contributed by atoms with Crippen molar-refractivity contribution in [3.05, 3.63) is 59.7 Å². The fraction of sp³-hybridized carbons (Fsp3) is 0.803. The van der Waals surface area contributed by atoms with Crippen LogP contribution in [0.2, 0.25) is 0 Å². The van der Waals surface area contributed by atoms with Crippen molar-refractivity contribution in [3.63, 3.8) is 0 Å². The molecule has 7 N–H and O–H groups in total. The van der Waals surface area contributed by atoms with E-state index in [4.69, 9.17) is 6.47 Å².